The van der Waals surface area contributed by atoms with E-state index < -0.39 is 0 Å². The van der Waals surface area contributed by atoms with Crippen LogP contribution in [-0.2, 0) is 4.74 Å². The fourth-order valence-electron chi connectivity index (χ4n) is 2.76. The lowest BCUT2D eigenvalue weighted by Gasteiger charge is -2.13. The van der Waals surface area contributed by atoms with E-state index in [2.05, 4.69) is 32.9 Å². The van der Waals surface area contributed by atoms with Gasteiger partial charge in [-0.05, 0) is 50.0 Å². The van der Waals surface area contributed by atoms with Crippen molar-refractivity contribution in [3.8, 4) is 0 Å². The van der Waals surface area contributed by atoms with Gasteiger partial charge < -0.3 is 4.74 Å². The van der Waals surface area contributed by atoms with E-state index >= 15 is 0 Å². The molecule has 0 saturated heterocycles. The first kappa shape index (κ1) is 11.8. The summed E-state index contributed by atoms with van der Waals surface area (Å²) in [7, 11) is 0. The Balaban J connectivity index is 1.98. The zero-order valence-electron chi connectivity index (χ0n) is 10.8. The second-order valence-corrected chi connectivity index (χ2v) is 6.02. The molecule has 16 heavy (non-hydrogen) atoms. The Morgan fingerprint density at radius 1 is 1.44 bits per heavy atom. The average molecular weight is 220 g/mol. The minimum absolute atomic E-state index is 0.468. The molecule has 0 amide bonds. The van der Waals surface area contributed by atoms with Crippen LogP contribution < -0.4 is 0 Å². The second-order valence-electron chi connectivity index (χ2n) is 6.02. The third-order valence-electron chi connectivity index (χ3n) is 4.03. The van der Waals surface area contributed by atoms with Crippen molar-refractivity contribution in [2.45, 2.75) is 46.5 Å². The molecule has 1 heterocycles. The highest BCUT2D eigenvalue weighted by molar-refractivity contribution is 5.04. The average Bonchev–Trinajstić information content (AvgIpc) is 2.83. The van der Waals surface area contributed by atoms with E-state index in [0.29, 0.717) is 11.3 Å². The summed E-state index contributed by atoms with van der Waals surface area (Å²) < 4.78 is 5.74. The summed E-state index contributed by atoms with van der Waals surface area (Å²) in [4.78, 5) is 0. The summed E-state index contributed by atoms with van der Waals surface area (Å²) in [5, 5.41) is 0. The van der Waals surface area contributed by atoms with Crippen LogP contribution in [0.15, 0.2) is 24.0 Å². The maximum atomic E-state index is 5.74. The topological polar surface area (TPSA) is 9.23 Å². The zero-order valence-corrected chi connectivity index (χ0v) is 10.8. The van der Waals surface area contributed by atoms with Crippen molar-refractivity contribution in [1.29, 1.82) is 0 Å². The summed E-state index contributed by atoms with van der Waals surface area (Å²) in [6.07, 6.45) is 11.8. The molecule has 1 saturated carbocycles. The summed E-state index contributed by atoms with van der Waals surface area (Å²) in [5.41, 5.74) is 1.83. The van der Waals surface area contributed by atoms with Crippen LogP contribution in [0, 0.1) is 17.3 Å². The van der Waals surface area contributed by atoms with Gasteiger partial charge in [0.25, 0.3) is 0 Å². The first-order chi connectivity index (χ1) is 7.60. The molecule has 1 nitrogen and oxygen atoms in total. The molecule has 0 spiro atoms. The van der Waals surface area contributed by atoms with Crippen molar-refractivity contribution < 1.29 is 4.74 Å². The van der Waals surface area contributed by atoms with E-state index in [0.717, 1.165) is 18.9 Å². The van der Waals surface area contributed by atoms with Gasteiger partial charge in [0.1, 0.15) is 0 Å². The SMILES string of the molecule is C/C1=C/OCC2(C)CC2CC/C=C\C(C)C1. The molecule has 0 N–H and O–H groups in total. The minimum Gasteiger partial charge on any atom is -0.501 e. The first-order valence-corrected chi connectivity index (χ1v) is 6.54. The molecule has 1 aliphatic carbocycles. The Labute approximate surface area is 99.6 Å². The molecule has 0 bridgehead atoms. The number of fused-ring (bicyclic) bond motifs is 1. The monoisotopic (exact) mass is 220 g/mol. The van der Waals surface area contributed by atoms with Gasteiger partial charge in [-0.1, -0.05) is 26.0 Å². The maximum absolute atomic E-state index is 5.74. The van der Waals surface area contributed by atoms with Crippen molar-refractivity contribution in [3.05, 3.63) is 24.0 Å². The number of hydrogen-bond donors (Lipinski definition) is 0. The summed E-state index contributed by atoms with van der Waals surface area (Å²) >= 11 is 0. The van der Waals surface area contributed by atoms with Gasteiger partial charge in [0.05, 0.1) is 12.9 Å². The first-order valence-electron chi connectivity index (χ1n) is 6.54. The van der Waals surface area contributed by atoms with Crippen molar-refractivity contribution in [2.24, 2.45) is 17.3 Å². The predicted octanol–water partition coefficient (Wildman–Crippen LogP) is 4.31. The van der Waals surface area contributed by atoms with E-state index in [-0.39, 0.29) is 0 Å². The van der Waals surface area contributed by atoms with E-state index in [1.54, 1.807) is 0 Å². The van der Waals surface area contributed by atoms with Gasteiger partial charge in [-0.25, -0.2) is 0 Å². The van der Waals surface area contributed by atoms with Crippen LogP contribution >= 0.6 is 0 Å². The lowest BCUT2D eigenvalue weighted by molar-refractivity contribution is 0.177. The van der Waals surface area contributed by atoms with Crippen molar-refractivity contribution in [1.82, 2.24) is 0 Å². The highest BCUT2D eigenvalue weighted by Crippen LogP contribution is 2.54. The molecule has 90 valence electrons. The Kier molecular flexibility index (Phi) is 3.41. The minimum atomic E-state index is 0.468. The molecular weight excluding hydrogens is 196 g/mol. The smallest absolute Gasteiger partial charge is 0.0929 e. The fourth-order valence-corrected chi connectivity index (χ4v) is 2.76. The van der Waals surface area contributed by atoms with Gasteiger partial charge in [0, 0.05) is 5.41 Å². The number of rotatable bonds is 0. The van der Waals surface area contributed by atoms with Crippen molar-refractivity contribution in [3.63, 3.8) is 0 Å². The van der Waals surface area contributed by atoms with Gasteiger partial charge in [-0.3, -0.25) is 0 Å². The largest absolute Gasteiger partial charge is 0.501 e. The van der Waals surface area contributed by atoms with Crippen LogP contribution in [0.1, 0.15) is 46.5 Å². The van der Waals surface area contributed by atoms with Crippen LogP contribution in [0.2, 0.25) is 0 Å². The van der Waals surface area contributed by atoms with Crippen LogP contribution in [-0.4, -0.2) is 6.61 Å². The van der Waals surface area contributed by atoms with Gasteiger partial charge in [-0.15, -0.1) is 0 Å². The number of ether oxygens (including phenoxy) is 1. The Morgan fingerprint density at radius 2 is 2.25 bits per heavy atom. The molecule has 1 heteroatoms. The zero-order chi connectivity index (χ0) is 11.6. The molecule has 1 fully saturated rings. The third-order valence-corrected chi connectivity index (χ3v) is 4.03. The molecule has 2 rings (SSSR count). The fraction of sp³-hybridized carbons (Fsp3) is 0.733. The Bertz CT molecular complexity index is 303. The van der Waals surface area contributed by atoms with E-state index in [4.69, 9.17) is 4.74 Å². The molecule has 1 aliphatic heterocycles. The molecule has 0 aromatic carbocycles. The van der Waals surface area contributed by atoms with E-state index in [1.165, 1.54) is 24.8 Å². The Hall–Kier alpha value is -0.720. The molecule has 2 aliphatic rings. The molecule has 3 atom stereocenters. The van der Waals surface area contributed by atoms with Crippen LogP contribution in [0.3, 0.4) is 0 Å². The molecule has 0 aromatic rings. The molecule has 0 aromatic heterocycles. The predicted molar refractivity (Wildman–Crippen MR) is 68.1 cm³/mol. The highest BCUT2D eigenvalue weighted by atomic mass is 16.5. The van der Waals surface area contributed by atoms with Crippen molar-refractivity contribution >= 4 is 0 Å². The molecule has 3 unspecified atom stereocenters. The molecular formula is C15H24O. The van der Waals surface area contributed by atoms with E-state index in [9.17, 15) is 0 Å². The number of allylic oxidation sites excluding steroid dienone is 3. The van der Waals surface area contributed by atoms with Crippen LogP contribution in [0.5, 0.6) is 0 Å². The Morgan fingerprint density at radius 3 is 3.06 bits per heavy atom. The maximum Gasteiger partial charge on any atom is 0.0929 e. The quantitative estimate of drug-likeness (QED) is 0.553. The van der Waals surface area contributed by atoms with Crippen molar-refractivity contribution in [2.75, 3.05) is 6.61 Å². The summed E-state index contributed by atoms with van der Waals surface area (Å²) in [6.45, 7) is 7.72. The normalized spacial score (nSPS) is 45.1. The van der Waals surface area contributed by atoms with Crippen LogP contribution in [0.25, 0.3) is 0 Å². The standard InChI is InChI=1S/C15H24O/c1-12-6-4-5-7-14-9-15(14,3)11-16-10-13(2)8-12/h4,6,10,12,14H,5,7-9,11H2,1-3H3/b6-4-,13-10-. The van der Waals surface area contributed by atoms with Crippen LogP contribution in [0.4, 0.5) is 0 Å². The summed E-state index contributed by atoms with van der Waals surface area (Å²) in [6, 6.07) is 0. The second kappa shape index (κ2) is 4.65. The molecule has 0 radical (unpaired) electrons. The van der Waals surface area contributed by atoms with Gasteiger partial charge in [0.2, 0.25) is 0 Å². The van der Waals surface area contributed by atoms with E-state index in [1.807, 2.05) is 6.26 Å². The van der Waals surface area contributed by atoms with Gasteiger partial charge >= 0.3 is 0 Å². The number of hydrogen-bond acceptors (Lipinski definition) is 1. The lowest BCUT2D eigenvalue weighted by Crippen LogP contribution is -2.07. The summed E-state index contributed by atoms with van der Waals surface area (Å²) in [5.74, 6) is 1.53. The highest BCUT2D eigenvalue weighted by Gasteiger charge is 2.49. The lowest BCUT2D eigenvalue weighted by atomic mass is 10.0. The van der Waals surface area contributed by atoms with Gasteiger partial charge in [-0.2, -0.15) is 0 Å². The third kappa shape index (κ3) is 2.90. The van der Waals surface area contributed by atoms with Gasteiger partial charge in [0.15, 0.2) is 0 Å².